The highest BCUT2D eigenvalue weighted by Crippen LogP contribution is 2.15. The van der Waals surface area contributed by atoms with Gasteiger partial charge in [-0.1, -0.05) is 6.92 Å². The van der Waals surface area contributed by atoms with Gasteiger partial charge >= 0.3 is 0 Å². The van der Waals surface area contributed by atoms with Gasteiger partial charge in [0.1, 0.15) is 0 Å². The van der Waals surface area contributed by atoms with Crippen molar-refractivity contribution in [2.45, 2.75) is 51.4 Å². The standard InChI is InChI=1S/C10H21NO2/c1-3-10-6-9(4-5-13-10)11-7-8(2)12/h8-12H,3-7H2,1-2H3. The molecule has 1 aliphatic heterocycles. The summed E-state index contributed by atoms with van der Waals surface area (Å²) >= 11 is 0. The van der Waals surface area contributed by atoms with Crippen LogP contribution in [0.1, 0.15) is 33.1 Å². The second-order valence-corrected chi connectivity index (χ2v) is 3.88. The largest absolute Gasteiger partial charge is 0.392 e. The van der Waals surface area contributed by atoms with Gasteiger partial charge in [-0.05, 0) is 26.2 Å². The van der Waals surface area contributed by atoms with Crippen molar-refractivity contribution >= 4 is 0 Å². The third kappa shape index (κ3) is 4.07. The zero-order valence-electron chi connectivity index (χ0n) is 8.62. The molecule has 1 aliphatic rings. The number of hydrogen-bond donors (Lipinski definition) is 2. The van der Waals surface area contributed by atoms with Gasteiger partial charge in [0.25, 0.3) is 0 Å². The van der Waals surface area contributed by atoms with Gasteiger partial charge in [0.15, 0.2) is 0 Å². The van der Waals surface area contributed by atoms with Crippen molar-refractivity contribution in [2.24, 2.45) is 0 Å². The number of rotatable bonds is 4. The lowest BCUT2D eigenvalue weighted by atomic mass is 10.0. The maximum atomic E-state index is 9.11. The summed E-state index contributed by atoms with van der Waals surface area (Å²) in [5, 5.41) is 12.5. The average molecular weight is 187 g/mol. The fourth-order valence-corrected chi connectivity index (χ4v) is 1.69. The summed E-state index contributed by atoms with van der Waals surface area (Å²) < 4.78 is 5.56. The monoisotopic (exact) mass is 187 g/mol. The lowest BCUT2D eigenvalue weighted by molar-refractivity contribution is -0.00169. The normalized spacial score (nSPS) is 31.6. The van der Waals surface area contributed by atoms with Crippen LogP contribution in [0.15, 0.2) is 0 Å². The van der Waals surface area contributed by atoms with Crippen molar-refractivity contribution in [3.63, 3.8) is 0 Å². The number of hydrogen-bond acceptors (Lipinski definition) is 3. The molecule has 1 saturated heterocycles. The predicted octanol–water partition coefficient (Wildman–Crippen LogP) is 0.914. The van der Waals surface area contributed by atoms with Crippen LogP contribution < -0.4 is 5.32 Å². The molecule has 3 atom stereocenters. The Kier molecular flexibility index (Phi) is 4.70. The van der Waals surface area contributed by atoms with Crippen LogP contribution in [0.2, 0.25) is 0 Å². The van der Waals surface area contributed by atoms with E-state index in [4.69, 9.17) is 9.84 Å². The van der Waals surface area contributed by atoms with Crippen molar-refractivity contribution in [2.75, 3.05) is 13.2 Å². The zero-order chi connectivity index (χ0) is 9.68. The minimum atomic E-state index is -0.247. The van der Waals surface area contributed by atoms with Gasteiger partial charge in [-0.15, -0.1) is 0 Å². The lowest BCUT2D eigenvalue weighted by Crippen LogP contribution is -2.41. The fourth-order valence-electron chi connectivity index (χ4n) is 1.69. The Morgan fingerprint density at radius 2 is 2.38 bits per heavy atom. The van der Waals surface area contributed by atoms with Gasteiger partial charge < -0.3 is 15.2 Å². The van der Waals surface area contributed by atoms with E-state index >= 15 is 0 Å². The molecule has 0 spiro atoms. The summed E-state index contributed by atoms with van der Waals surface area (Å²) in [6.07, 6.45) is 3.42. The fraction of sp³-hybridized carbons (Fsp3) is 1.00. The first-order valence-electron chi connectivity index (χ1n) is 5.25. The van der Waals surface area contributed by atoms with Crippen molar-refractivity contribution in [3.05, 3.63) is 0 Å². The molecule has 1 rings (SSSR count). The van der Waals surface area contributed by atoms with Gasteiger partial charge in [-0.2, -0.15) is 0 Å². The number of aliphatic hydroxyl groups excluding tert-OH is 1. The number of ether oxygens (including phenoxy) is 1. The highest BCUT2D eigenvalue weighted by Gasteiger charge is 2.20. The third-order valence-electron chi connectivity index (χ3n) is 2.52. The topological polar surface area (TPSA) is 41.5 Å². The van der Waals surface area contributed by atoms with Gasteiger partial charge in [0, 0.05) is 19.2 Å². The van der Waals surface area contributed by atoms with Crippen molar-refractivity contribution in [1.29, 1.82) is 0 Å². The lowest BCUT2D eigenvalue weighted by Gasteiger charge is -2.30. The summed E-state index contributed by atoms with van der Waals surface area (Å²) in [6.45, 7) is 5.52. The molecule has 0 bridgehead atoms. The molecule has 1 fully saturated rings. The number of aliphatic hydroxyl groups is 1. The molecule has 78 valence electrons. The van der Waals surface area contributed by atoms with E-state index in [9.17, 15) is 0 Å². The van der Waals surface area contributed by atoms with Crippen LogP contribution in [0.5, 0.6) is 0 Å². The molecule has 3 nitrogen and oxygen atoms in total. The molecular weight excluding hydrogens is 166 g/mol. The van der Waals surface area contributed by atoms with Crippen LogP contribution in [0.25, 0.3) is 0 Å². The Hall–Kier alpha value is -0.120. The highest BCUT2D eigenvalue weighted by molar-refractivity contribution is 4.76. The van der Waals surface area contributed by atoms with Crippen LogP contribution in [0, 0.1) is 0 Å². The molecule has 1 heterocycles. The first-order valence-corrected chi connectivity index (χ1v) is 5.25. The van der Waals surface area contributed by atoms with E-state index in [1.54, 1.807) is 0 Å². The zero-order valence-corrected chi connectivity index (χ0v) is 8.62. The van der Waals surface area contributed by atoms with Crippen LogP contribution in [0.3, 0.4) is 0 Å². The quantitative estimate of drug-likeness (QED) is 0.687. The second kappa shape index (κ2) is 5.58. The Labute approximate surface area is 80.5 Å². The SMILES string of the molecule is CCC1CC(NCC(C)O)CCO1. The molecule has 0 amide bonds. The molecule has 0 aliphatic carbocycles. The van der Waals surface area contributed by atoms with E-state index in [0.717, 1.165) is 25.9 Å². The van der Waals surface area contributed by atoms with Crippen molar-refractivity contribution in [1.82, 2.24) is 5.32 Å². The van der Waals surface area contributed by atoms with E-state index in [1.165, 1.54) is 0 Å². The molecule has 3 unspecified atom stereocenters. The van der Waals surface area contributed by atoms with E-state index < -0.39 is 0 Å². The molecule has 13 heavy (non-hydrogen) atoms. The first-order chi connectivity index (χ1) is 6.22. The third-order valence-corrected chi connectivity index (χ3v) is 2.52. The van der Waals surface area contributed by atoms with E-state index in [2.05, 4.69) is 12.2 Å². The average Bonchev–Trinajstić information content (AvgIpc) is 2.15. The maximum Gasteiger partial charge on any atom is 0.0636 e. The molecule has 0 radical (unpaired) electrons. The summed E-state index contributed by atoms with van der Waals surface area (Å²) in [4.78, 5) is 0. The molecule has 3 heteroatoms. The molecule has 2 N–H and O–H groups in total. The smallest absolute Gasteiger partial charge is 0.0636 e. The molecule has 0 aromatic heterocycles. The minimum absolute atomic E-state index is 0.247. The summed E-state index contributed by atoms with van der Waals surface area (Å²) in [5.74, 6) is 0. The first kappa shape index (κ1) is 11.0. The Bertz CT molecular complexity index is 139. The summed E-state index contributed by atoms with van der Waals surface area (Å²) in [5.41, 5.74) is 0. The van der Waals surface area contributed by atoms with Crippen LogP contribution >= 0.6 is 0 Å². The second-order valence-electron chi connectivity index (χ2n) is 3.88. The molecular formula is C10H21NO2. The summed E-state index contributed by atoms with van der Waals surface area (Å²) in [7, 11) is 0. The molecule has 0 aromatic rings. The summed E-state index contributed by atoms with van der Waals surface area (Å²) in [6, 6.07) is 0.535. The molecule has 0 aromatic carbocycles. The maximum absolute atomic E-state index is 9.11. The van der Waals surface area contributed by atoms with Crippen molar-refractivity contribution < 1.29 is 9.84 Å². The Balaban J connectivity index is 2.18. The predicted molar refractivity (Wildman–Crippen MR) is 52.7 cm³/mol. The van der Waals surface area contributed by atoms with Gasteiger partial charge in [-0.3, -0.25) is 0 Å². The van der Waals surface area contributed by atoms with E-state index in [-0.39, 0.29) is 6.10 Å². The van der Waals surface area contributed by atoms with Crippen molar-refractivity contribution in [3.8, 4) is 0 Å². The Morgan fingerprint density at radius 1 is 1.62 bits per heavy atom. The van der Waals surface area contributed by atoms with E-state index in [0.29, 0.717) is 18.7 Å². The van der Waals surface area contributed by atoms with Gasteiger partial charge in [-0.25, -0.2) is 0 Å². The highest BCUT2D eigenvalue weighted by atomic mass is 16.5. The van der Waals surface area contributed by atoms with Gasteiger partial charge in [0.2, 0.25) is 0 Å². The minimum Gasteiger partial charge on any atom is -0.392 e. The van der Waals surface area contributed by atoms with Crippen LogP contribution in [0.4, 0.5) is 0 Å². The van der Waals surface area contributed by atoms with Crippen LogP contribution in [-0.2, 0) is 4.74 Å². The Morgan fingerprint density at radius 3 is 3.00 bits per heavy atom. The van der Waals surface area contributed by atoms with E-state index in [1.807, 2.05) is 6.92 Å². The van der Waals surface area contributed by atoms with Crippen LogP contribution in [-0.4, -0.2) is 36.5 Å². The molecule has 0 saturated carbocycles. The number of nitrogens with one attached hydrogen (secondary N) is 1. The van der Waals surface area contributed by atoms with Gasteiger partial charge in [0.05, 0.1) is 12.2 Å².